The molecule has 0 unspecified atom stereocenters. The third-order valence-corrected chi connectivity index (χ3v) is 4.69. The largest absolute Gasteiger partial charge is 0.379 e. The van der Waals surface area contributed by atoms with Gasteiger partial charge in [-0.2, -0.15) is 0 Å². The number of aliphatic imine (C=N–C) groups is 1. The predicted molar refractivity (Wildman–Crippen MR) is 109 cm³/mol. The molecule has 1 fully saturated rings. The zero-order valence-corrected chi connectivity index (χ0v) is 16.6. The minimum absolute atomic E-state index is 0.694. The molecule has 0 radical (unpaired) electrons. The maximum atomic E-state index is 5.45. The Morgan fingerprint density at radius 2 is 1.88 bits per heavy atom. The van der Waals surface area contributed by atoms with Gasteiger partial charge in [-0.05, 0) is 31.6 Å². The molecule has 1 saturated heterocycles. The van der Waals surface area contributed by atoms with E-state index in [2.05, 4.69) is 65.6 Å². The van der Waals surface area contributed by atoms with Gasteiger partial charge in [0.1, 0.15) is 0 Å². The van der Waals surface area contributed by atoms with Crippen LogP contribution in [0.25, 0.3) is 0 Å². The van der Waals surface area contributed by atoms with E-state index in [9.17, 15) is 0 Å². The molecule has 0 aliphatic carbocycles. The number of nitrogens with zero attached hydrogens (tertiary/aromatic N) is 3. The SMILES string of the molecule is CCNC(=NCc1ccccc1CN1CCOCC1)NCCN(C)CC. The molecule has 0 spiro atoms. The van der Waals surface area contributed by atoms with E-state index in [-0.39, 0.29) is 0 Å². The van der Waals surface area contributed by atoms with Gasteiger partial charge in [0.25, 0.3) is 0 Å². The van der Waals surface area contributed by atoms with E-state index in [1.165, 1.54) is 11.1 Å². The second-order valence-electron chi connectivity index (χ2n) is 6.68. The Labute approximate surface area is 158 Å². The van der Waals surface area contributed by atoms with E-state index in [0.717, 1.165) is 65.0 Å². The summed E-state index contributed by atoms with van der Waals surface area (Å²) in [5.41, 5.74) is 2.65. The first-order valence-electron chi connectivity index (χ1n) is 9.80. The van der Waals surface area contributed by atoms with Crippen LogP contribution in [0.3, 0.4) is 0 Å². The van der Waals surface area contributed by atoms with Crippen LogP contribution in [-0.4, -0.2) is 75.3 Å². The molecule has 1 aliphatic rings. The van der Waals surface area contributed by atoms with E-state index >= 15 is 0 Å². The second kappa shape index (κ2) is 11.9. The van der Waals surface area contributed by atoms with Crippen LogP contribution < -0.4 is 10.6 Å². The Bertz CT molecular complexity index is 543. The van der Waals surface area contributed by atoms with Gasteiger partial charge in [-0.1, -0.05) is 31.2 Å². The van der Waals surface area contributed by atoms with Gasteiger partial charge in [0.15, 0.2) is 5.96 Å². The summed E-state index contributed by atoms with van der Waals surface area (Å²) in [7, 11) is 2.13. The zero-order valence-electron chi connectivity index (χ0n) is 16.6. The Balaban J connectivity index is 1.94. The number of hydrogen-bond acceptors (Lipinski definition) is 4. The lowest BCUT2D eigenvalue weighted by Crippen LogP contribution is -2.41. The van der Waals surface area contributed by atoms with Crippen molar-refractivity contribution >= 4 is 5.96 Å². The molecule has 1 aromatic carbocycles. The summed E-state index contributed by atoms with van der Waals surface area (Å²) in [5, 5.41) is 6.77. The van der Waals surface area contributed by atoms with Crippen molar-refractivity contribution in [2.75, 3.05) is 59.5 Å². The molecule has 0 bridgehead atoms. The number of likely N-dealkylation sites (N-methyl/N-ethyl adjacent to an activating group) is 1. The summed E-state index contributed by atoms with van der Waals surface area (Å²) >= 11 is 0. The fraction of sp³-hybridized carbons (Fsp3) is 0.650. The number of ether oxygens (including phenoxy) is 1. The molecular formula is C20H35N5O. The van der Waals surface area contributed by atoms with Crippen molar-refractivity contribution in [2.24, 2.45) is 4.99 Å². The summed E-state index contributed by atoms with van der Waals surface area (Å²) in [5.74, 6) is 0.887. The highest BCUT2D eigenvalue weighted by molar-refractivity contribution is 5.79. The van der Waals surface area contributed by atoms with Gasteiger partial charge in [0.2, 0.25) is 0 Å². The van der Waals surface area contributed by atoms with Crippen molar-refractivity contribution in [2.45, 2.75) is 26.9 Å². The molecular weight excluding hydrogens is 326 g/mol. The van der Waals surface area contributed by atoms with Crippen molar-refractivity contribution in [1.29, 1.82) is 0 Å². The van der Waals surface area contributed by atoms with Crippen LogP contribution in [0.1, 0.15) is 25.0 Å². The Morgan fingerprint density at radius 3 is 2.58 bits per heavy atom. The van der Waals surface area contributed by atoms with Crippen molar-refractivity contribution in [1.82, 2.24) is 20.4 Å². The predicted octanol–water partition coefficient (Wildman–Crippen LogP) is 1.53. The van der Waals surface area contributed by atoms with Crippen LogP contribution in [-0.2, 0) is 17.8 Å². The van der Waals surface area contributed by atoms with E-state index < -0.39 is 0 Å². The lowest BCUT2D eigenvalue weighted by atomic mass is 10.1. The molecule has 2 rings (SSSR count). The zero-order chi connectivity index (χ0) is 18.6. The molecule has 2 N–H and O–H groups in total. The normalized spacial score (nSPS) is 16.1. The average Bonchev–Trinajstić information content (AvgIpc) is 2.67. The van der Waals surface area contributed by atoms with Crippen molar-refractivity contribution in [3.05, 3.63) is 35.4 Å². The third-order valence-electron chi connectivity index (χ3n) is 4.69. The molecule has 0 aromatic heterocycles. The van der Waals surface area contributed by atoms with Gasteiger partial charge in [-0.15, -0.1) is 0 Å². The van der Waals surface area contributed by atoms with Crippen LogP contribution in [0, 0.1) is 0 Å². The smallest absolute Gasteiger partial charge is 0.191 e. The number of morpholine rings is 1. The summed E-state index contributed by atoms with van der Waals surface area (Å²) in [6, 6.07) is 8.63. The van der Waals surface area contributed by atoms with E-state index in [0.29, 0.717) is 6.54 Å². The van der Waals surface area contributed by atoms with Crippen molar-refractivity contribution in [3.8, 4) is 0 Å². The summed E-state index contributed by atoms with van der Waals surface area (Å²) in [6.45, 7) is 13.4. The third kappa shape index (κ3) is 7.32. The minimum Gasteiger partial charge on any atom is -0.379 e. The quantitative estimate of drug-likeness (QED) is 0.516. The maximum Gasteiger partial charge on any atom is 0.191 e. The molecule has 146 valence electrons. The molecule has 0 atom stereocenters. The number of hydrogen-bond donors (Lipinski definition) is 2. The molecule has 0 amide bonds. The van der Waals surface area contributed by atoms with E-state index in [1.54, 1.807) is 0 Å². The van der Waals surface area contributed by atoms with Crippen LogP contribution in [0.2, 0.25) is 0 Å². The second-order valence-corrected chi connectivity index (χ2v) is 6.68. The topological polar surface area (TPSA) is 52.1 Å². The summed E-state index contributed by atoms with van der Waals surface area (Å²) in [4.78, 5) is 9.53. The molecule has 6 heteroatoms. The summed E-state index contributed by atoms with van der Waals surface area (Å²) in [6.07, 6.45) is 0. The highest BCUT2D eigenvalue weighted by Crippen LogP contribution is 2.14. The number of benzene rings is 1. The lowest BCUT2D eigenvalue weighted by Gasteiger charge is -2.27. The van der Waals surface area contributed by atoms with Crippen LogP contribution in [0.5, 0.6) is 0 Å². The molecule has 1 aliphatic heterocycles. The van der Waals surface area contributed by atoms with Crippen molar-refractivity contribution in [3.63, 3.8) is 0 Å². The maximum absolute atomic E-state index is 5.45. The van der Waals surface area contributed by atoms with Gasteiger partial charge in [0, 0.05) is 39.3 Å². The molecule has 0 saturated carbocycles. The lowest BCUT2D eigenvalue weighted by molar-refractivity contribution is 0.0341. The molecule has 1 aromatic rings. The van der Waals surface area contributed by atoms with Gasteiger partial charge in [-0.25, -0.2) is 4.99 Å². The standard InChI is InChI=1S/C20H35N5O/c1-4-21-20(22-10-11-24(3)5-2)23-16-18-8-6-7-9-19(18)17-25-12-14-26-15-13-25/h6-9H,4-5,10-17H2,1-3H3,(H2,21,22,23). The first-order chi connectivity index (χ1) is 12.7. The molecule has 6 nitrogen and oxygen atoms in total. The van der Waals surface area contributed by atoms with E-state index in [4.69, 9.17) is 9.73 Å². The minimum atomic E-state index is 0.694. The Kier molecular flexibility index (Phi) is 9.45. The first kappa shape index (κ1) is 20.7. The van der Waals surface area contributed by atoms with Gasteiger partial charge >= 0.3 is 0 Å². The number of rotatable bonds is 9. The highest BCUT2D eigenvalue weighted by atomic mass is 16.5. The number of nitrogens with one attached hydrogen (secondary N) is 2. The van der Waals surface area contributed by atoms with Crippen LogP contribution >= 0.6 is 0 Å². The molecule has 26 heavy (non-hydrogen) atoms. The average molecular weight is 362 g/mol. The van der Waals surface area contributed by atoms with Gasteiger partial charge < -0.3 is 20.3 Å². The van der Waals surface area contributed by atoms with Gasteiger partial charge in [-0.3, -0.25) is 4.90 Å². The molecule has 1 heterocycles. The fourth-order valence-corrected chi connectivity index (χ4v) is 2.90. The van der Waals surface area contributed by atoms with E-state index in [1.807, 2.05) is 0 Å². The summed E-state index contributed by atoms with van der Waals surface area (Å²) < 4.78 is 5.45. The van der Waals surface area contributed by atoms with Crippen LogP contribution in [0.4, 0.5) is 0 Å². The Hall–Kier alpha value is -1.63. The van der Waals surface area contributed by atoms with Crippen LogP contribution in [0.15, 0.2) is 29.3 Å². The highest BCUT2D eigenvalue weighted by Gasteiger charge is 2.12. The monoisotopic (exact) mass is 361 g/mol. The fourth-order valence-electron chi connectivity index (χ4n) is 2.90. The number of guanidine groups is 1. The van der Waals surface area contributed by atoms with Gasteiger partial charge in [0.05, 0.1) is 19.8 Å². The Morgan fingerprint density at radius 1 is 1.15 bits per heavy atom. The van der Waals surface area contributed by atoms with Crippen molar-refractivity contribution < 1.29 is 4.74 Å². The first-order valence-corrected chi connectivity index (χ1v) is 9.80.